The summed E-state index contributed by atoms with van der Waals surface area (Å²) < 4.78 is 0. The Balaban J connectivity index is 5.14. The lowest BCUT2D eigenvalue weighted by Crippen LogP contribution is -2.05. The van der Waals surface area contributed by atoms with E-state index < -0.39 is 0 Å². The minimum absolute atomic E-state index is 0.476. The summed E-state index contributed by atoms with van der Waals surface area (Å²) in [6.07, 6.45) is 5.41. The summed E-state index contributed by atoms with van der Waals surface area (Å²) in [6.45, 7) is 10.6. The first-order chi connectivity index (χ1) is 7.93. The normalized spacial score (nSPS) is 15.5. The third kappa shape index (κ3) is 5.58. The van der Waals surface area contributed by atoms with E-state index in [2.05, 4.69) is 39.8 Å². The van der Waals surface area contributed by atoms with Gasteiger partial charge in [0.25, 0.3) is 0 Å². The minimum atomic E-state index is 0.476. The number of allylic oxidation sites excluding steroid dienone is 4. The average molecular weight is 234 g/mol. The number of unbranched alkanes of at least 4 members (excludes halogenated alkanes) is 1. The lowest BCUT2D eigenvalue weighted by molar-refractivity contribution is 0.500. The van der Waals surface area contributed by atoms with Gasteiger partial charge < -0.3 is 5.73 Å². The van der Waals surface area contributed by atoms with E-state index in [1.807, 2.05) is 0 Å². The van der Waals surface area contributed by atoms with Crippen molar-refractivity contribution in [3.8, 4) is 6.07 Å². The van der Waals surface area contributed by atoms with Crippen LogP contribution in [0.4, 0.5) is 0 Å². The maximum absolute atomic E-state index is 9.19. The first-order valence-electron chi connectivity index (χ1n) is 6.51. The predicted molar refractivity (Wildman–Crippen MR) is 74.1 cm³/mol. The van der Waals surface area contributed by atoms with E-state index in [1.165, 1.54) is 0 Å². The first-order valence-corrected chi connectivity index (χ1v) is 6.51. The highest BCUT2D eigenvalue weighted by Gasteiger charge is 2.11. The van der Waals surface area contributed by atoms with Crippen molar-refractivity contribution in [2.24, 2.45) is 17.6 Å². The molecule has 0 amide bonds. The molecule has 1 atom stereocenters. The molecule has 17 heavy (non-hydrogen) atoms. The lowest BCUT2D eigenvalue weighted by Gasteiger charge is -2.14. The van der Waals surface area contributed by atoms with Gasteiger partial charge in [0.2, 0.25) is 0 Å². The van der Waals surface area contributed by atoms with E-state index in [0.29, 0.717) is 23.1 Å². The maximum Gasteiger partial charge on any atom is 0.101 e. The second kappa shape index (κ2) is 7.95. The number of nitrogens with zero attached hydrogens (tertiary/aromatic N) is 1. The van der Waals surface area contributed by atoms with Crippen molar-refractivity contribution in [2.45, 2.75) is 53.9 Å². The van der Waals surface area contributed by atoms with E-state index in [-0.39, 0.29) is 0 Å². The fourth-order valence-electron chi connectivity index (χ4n) is 1.58. The topological polar surface area (TPSA) is 49.8 Å². The molecule has 0 rings (SSSR count). The largest absolute Gasteiger partial charge is 0.401 e. The third-order valence-electron chi connectivity index (χ3n) is 3.14. The van der Waals surface area contributed by atoms with Gasteiger partial charge in [0.05, 0.1) is 5.57 Å². The lowest BCUT2D eigenvalue weighted by atomic mass is 9.90. The molecule has 0 aliphatic rings. The van der Waals surface area contributed by atoms with Crippen molar-refractivity contribution in [2.75, 3.05) is 0 Å². The summed E-state index contributed by atoms with van der Waals surface area (Å²) in [5.41, 5.74) is 8.21. The molecule has 0 saturated carbocycles. The molecular weight excluding hydrogens is 208 g/mol. The zero-order valence-corrected chi connectivity index (χ0v) is 11.9. The van der Waals surface area contributed by atoms with Gasteiger partial charge in [-0.1, -0.05) is 40.2 Å². The van der Waals surface area contributed by atoms with E-state index in [4.69, 9.17) is 5.73 Å². The second-order valence-corrected chi connectivity index (χ2v) is 5.07. The highest BCUT2D eigenvalue weighted by Crippen LogP contribution is 2.23. The van der Waals surface area contributed by atoms with Gasteiger partial charge in [0.15, 0.2) is 0 Å². The Kier molecular flexibility index (Phi) is 7.37. The van der Waals surface area contributed by atoms with Gasteiger partial charge in [-0.05, 0) is 37.2 Å². The van der Waals surface area contributed by atoms with Crippen molar-refractivity contribution in [1.29, 1.82) is 5.26 Å². The van der Waals surface area contributed by atoms with E-state index in [1.54, 1.807) is 6.92 Å². The van der Waals surface area contributed by atoms with Crippen molar-refractivity contribution in [3.05, 3.63) is 22.9 Å². The van der Waals surface area contributed by atoms with Gasteiger partial charge in [-0.3, -0.25) is 0 Å². The molecule has 96 valence electrons. The zero-order valence-electron chi connectivity index (χ0n) is 11.9. The predicted octanol–water partition coefficient (Wildman–Crippen LogP) is 4.15. The molecule has 0 aromatic rings. The van der Waals surface area contributed by atoms with Gasteiger partial charge in [-0.25, -0.2) is 0 Å². The van der Waals surface area contributed by atoms with Crippen LogP contribution < -0.4 is 5.73 Å². The summed E-state index contributed by atoms with van der Waals surface area (Å²) in [5, 5.41) is 9.19. The molecule has 0 heterocycles. The Labute approximate surface area is 106 Å². The molecule has 0 aliphatic heterocycles. The molecule has 0 aromatic heterocycles. The number of hydrogen-bond acceptors (Lipinski definition) is 2. The smallest absolute Gasteiger partial charge is 0.101 e. The van der Waals surface area contributed by atoms with Crippen molar-refractivity contribution in [3.63, 3.8) is 0 Å². The molecular formula is C15H26N2. The Morgan fingerprint density at radius 2 is 1.94 bits per heavy atom. The van der Waals surface area contributed by atoms with Crippen LogP contribution in [0.1, 0.15) is 53.9 Å². The van der Waals surface area contributed by atoms with Crippen LogP contribution in [0.3, 0.4) is 0 Å². The molecule has 2 heteroatoms. The van der Waals surface area contributed by atoms with E-state index >= 15 is 0 Å². The van der Waals surface area contributed by atoms with E-state index in [9.17, 15) is 5.26 Å². The van der Waals surface area contributed by atoms with E-state index in [0.717, 1.165) is 24.8 Å². The van der Waals surface area contributed by atoms with Crippen LogP contribution in [0.5, 0.6) is 0 Å². The molecule has 0 radical (unpaired) electrons. The Hall–Kier alpha value is -1.23. The van der Waals surface area contributed by atoms with Crippen LogP contribution in [-0.2, 0) is 0 Å². The van der Waals surface area contributed by atoms with Crippen molar-refractivity contribution in [1.82, 2.24) is 0 Å². The summed E-state index contributed by atoms with van der Waals surface area (Å²) in [6, 6.07) is 2.24. The SMILES string of the molecule is CCCCC(=C\C(C)C(C)C)/C(C#N)=C(\C)N. The van der Waals surface area contributed by atoms with Gasteiger partial charge in [0, 0.05) is 5.70 Å². The molecule has 0 bridgehead atoms. The highest BCUT2D eigenvalue weighted by atomic mass is 14.6. The van der Waals surface area contributed by atoms with Crippen LogP contribution in [0.15, 0.2) is 22.9 Å². The standard InChI is InChI=1S/C15H26N2/c1-6-7-8-14(9-12(4)11(2)3)15(10-16)13(5)17/h9,11-12H,6-8,17H2,1-5H3/b14-9+,15-13+. The first kappa shape index (κ1) is 15.8. The summed E-state index contributed by atoms with van der Waals surface area (Å²) in [5.74, 6) is 1.06. The number of rotatable bonds is 6. The summed E-state index contributed by atoms with van der Waals surface area (Å²) >= 11 is 0. The van der Waals surface area contributed by atoms with Crippen LogP contribution in [-0.4, -0.2) is 0 Å². The van der Waals surface area contributed by atoms with Gasteiger partial charge in [-0.2, -0.15) is 5.26 Å². The minimum Gasteiger partial charge on any atom is -0.401 e. The second-order valence-electron chi connectivity index (χ2n) is 5.07. The molecule has 0 aromatic carbocycles. The molecule has 2 N–H and O–H groups in total. The third-order valence-corrected chi connectivity index (χ3v) is 3.14. The Bertz CT molecular complexity index is 325. The molecule has 0 saturated heterocycles. The maximum atomic E-state index is 9.19. The molecule has 0 spiro atoms. The van der Waals surface area contributed by atoms with Gasteiger partial charge in [0.1, 0.15) is 6.07 Å². The molecule has 1 unspecified atom stereocenters. The van der Waals surface area contributed by atoms with Crippen molar-refractivity contribution < 1.29 is 0 Å². The fourth-order valence-corrected chi connectivity index (χ4v) is 1.58. The molecule has 0 aliphatic carbocycles. The van der Waals surface area contributed by atoms with Crippen LogP contribution in [0.2, 0.25) is 0 Å². The number of nitrogens with two attached hydrogens (primary N) is 1. The summed E-state index contributed by atoms with van der Waals surface area (Å²) in [7, 11) is 0. The van der Waals surface area contributed by atoms with Crippen LogP contribution in [0, 0.1) is 23.2 Å². The van der Waals surface area contributed by atoms with Gasteiger partial charge >= 0.3 is 0 Å². The Morgan fingerprint density at radius 1 is 1.35 bits per heavy atom. The number of nitriles is 1. The van der Waals surface area contributed by atoms with Crippen molar-refractivity contribution >= 4 is 0 Å². The average Bonchev–Trinajstić information content (AvgIpc) is 2.25. The monoisotopic (exact) mass is 234 g/mol. The van der Waals surface area contributed by atoms with Crippen LogP contribution >= 0.6 is 0 Å². The highest BCUT2D eigenvalue weighted by molar-refractivity contribution is 5.44. The zero-order chi connectivity index (χ0) is 13.4. The molecule has 0 fully saturated rings. The fraction of sp³-hybridized carbons (Fsp3) is 0.667. The Morgan fingerprint density at radius 3 is 2.29 bits per heavy atom. The van der Waals surface area contributed by atoms with Gasteiger partial charge in [-0.15, -0.1) is 0 Å². The number of hydrogen-bond donors (Lipinski definition) is 1. The summed E-state index contributed by atoms with van der Waals surface area (Å²) in [4.78, 5) is 0. The molecule has 2 nitrogen and oxygen atoms in total. The quantitative estimate of drug-likeness (QED) is 0.554. The van der Waals surface area contributed by atoms with Crippen LogP contribution in [0.25, 0.3) is 0 Å².